The summed E-state index contributed by atoms with van der Waals surface area (Å²) in [6.07, 6.45) is 1.16. The standard InChI is InChI=1S/C22H22FN3O3/c1-3-20(27)24-18-6-4-5-16(13-18)21(28)25-9-11-26(12-10-25)22(29)17-8-7-15(2)19(23)14-17/h3-8,13-14H,1,9-12H2,2H3,(H,24,27). The molecule has 0 atom stereocenters. The van der Waals surface area contributed by atoms with E-state index in [1.165, 1.54) is 6.07 Å². The van der Waals surface area contributed by atoms with Gasteiger partial charge in [-0.15, -0.1) is 0 Å². The van der Waals surface area contributed by atoms with Crippen LogP contribution in [0.15, 0.2) is 55.1 Å². The molecule has 3 rings (SSSR count). The number of amides is 3. The maximum absolute atomic E-state index is 13.7. The topological polar surface area (TPSA) is 69.7 Å². The Labute approximate surface area is 168 Å². The lowest BCUT2D eigenvalue weighted by Gasteiger charge is -2.35. The average molecular weight is 395 g/mol. The van der Waals surface area contributed by atoms with Crippen LogP contribution < -0.4 is 5.32 Å². The molecule has 0 aliphatic carbocycles. The highest BCUT2D eigenvalue weighted by Gasteiger charge is 2.26. The number of piperazine rings is 1. The fourth-order valence-corrected chi connectivity index (χ4v) is 3.13. The molecule has 1 saturated heterocycles. The molecule has 3 amide bonds. The van der Waals surface area contributed by atoms with E-state index in [0.717, 1.165) is 6.08 Å². The maximum atomic E-state index is 13.7. The van der Waals surface area contributed by atoms with Crippen LogP contribution in [0.3, 0.4) is 0 Å². The van der Waals surface area contributed by atoms with Gasteiger partial charge in [-0.05, 0) is 48.9 Å². The number of carbonyl (C=O) groups is 3. The molecule has 7 heteroatoms. The Hall–Kier alpha value is -3.48. The summed E-state index contributed by atoms with van der Waals surface area (Å²) >= 11 is 0. The average Bonchev–Trinajstić information content (AvgIpc) is 2.75. The van der Waals surface area contributed by atoms with Crippen molar-refractivity contribution in [2.24, 2.45) is 0 Å². The zero-order valence-electron chi connectivity index (χ0n) is 16.2. The van der Waals surface area contributed by atoms with Crippen molar-refractivity contribution in [1.82, 2.24) is 9.80 Å². The third-order valence-corrected chi connectivity index (χ3v) is 4.84. The summed E-state index contributed by atoms with van der Waals surface area (Å²) in [6, 6.07) is 11.1. The van der Waals surface area contributed by atoms with Crippen LogP contribution in [0.4, 0.5) is 10.1 Å². The van der Waals surface area contributed by atoms with Crippen molar-refractivity contribution in [2.45, 2.75) is 6.92 Å². The Kier molecular flexibility index (Phi) is 6.07. The Balaban J connectivity index is 1.63. The zero-order valence-corrected chi connectivity index (χ0v) is 16.2. The molecule has 1 aliphatic rings. The number of nitrogens with zero attached hydrogens (tertiary/aromatic N) is 2. The van der Waals surface area contributed by atoms with E-state index in [1.807, 2.05) is 0 Å². The first-order valence-corrected chi connectivity index (χ1v) is 9.27. The second kappa shape index (κ2) is 8.68. The largest absolute Gasteiger partial charge is 0.335 e. The van der Waals surface area contributed by atoms with Crippen LogP contribution in [-0.2, 0) is 4.79 Å². The van der Waals surface area contributed by atoms with Crippen molar-refractivity contribution in [3.63, 3.8) is 0 Å². The molecule has 150 valence electrons. The van der Waals surface area contributed by atoms with Gasteiger partial charge in [0.25, 0.3) is 11.8 Å². The van der Waals surface area contributed by atoms with Gasteiger partial charge in [0, 0.05) is 43.0 Å². The Morgan fingerprint density at radius 1 is 0.966 bits per heavy atom. The summed E-state index contributed by atoms with van der Waals surface area (Å²) in [5.41, 5.74) is 1.75. The quantitative estimate of drug-likeness (QED) is 0.810. The first kappa shape index (κ1) is 20.3. The third kappa shape index (κ3) is 4.68. The Morgan fingerprint density at radius 2 is 1.55 bits per heavy atom. The number of rotatable bonds is 4. The van der Waals surface area contributed by atoms with Crippen LogP contribution >= 0.6 is 0 Å². The van der Waals surface area contributed by atoms with Crippen molar-refractivity contribution in [3.05, 3.63) is 77.6 Å². The fraction of sp³-hybridized carbons (Fsp3) is 0.227. The van der Waals surface area contributed by atoms with Gasteiger partial charge in [-0.25, -0.2) is 4.39 Å². The van der Waals surface area contributed by atoms with Gasteiger partial charge in [0.2, 0.25) is 5.91 Å². The van der Waals surface area contributed by atoms with Gasteiger partial charge in [0.15, 0.2) is 0 Å². The summed E-state index contributed by atoms with van der Waals surface area (Å²) < 4.78 is 13.7. The summed E-state index contributed by atoms with van der Waals surface area (Å²) in [5.74, 6) is -1.18. The predicted molar refractivity (Wildman–Crippen MR) is 108 cm³/mol. The van der Waals surface area contributed by atoms with E-state index in [9.17, 15) is 18.8 Å². The van der Waals surface area contributed by atoms with E-state index in [0.29, 0.717) is 48.6 Å². The summed E-state index contributed by atoms with van der Waals surface area (Å²) in [6.45, 7) is 6.53. The zero-order chi connectivity index (χ0) is 21.0. The number of anilines is 1. The molecule has 0 saturated carbocycles. The molecule has 0 aromatic heterocycles. The first-order valence-electron chi connectivity index (χ1n) is 9.27. The van der Waals surface area contributed by atoms with E-state index >= 15 is 0 Å². The van der Waals surface area contributed by atoms with E-state index in [2.05, 4.69) is 11.9 Å². The minimum Gasteiger partial charge on any atom is -0.335 e. The molecule has 1 fully saturated rings. The molecule has 6 nitrogen and oxygen atoms in total. The van der Waals surface area contributed by atoms with Crippen molar-refractivity contribution in [3.8, 4) is 0 Å². The van der Waals surface area contributed by atoms with Crippen LogP contribution in [0.25, 0.3) is 0 Å². The van der Waals surface area contributed by atoms with Gasteiger partial charge < -0.3 is 15.1 Å². The lowest BCUT2D eigenvalue weighted by atomic mass is 10.1. The lowest BCUT2D eigenvalue weighted by molar-refractivity contribution is -0.111. The minimum absolute atomic E-state index is 0.173. The monoisotopic (exact) mass is 395 g/mol. The van der Waals surface area contributed by atoms with E-state index in [4.69, 9.17) is 0 Å². The summed E-state index contributed by atoms with van der Waals surface area (Å²) in [4.78, 5) is 40.1. The molecule has 1 aliphatic heterocycles. The normalized spacial score (nSPS) is 13.7. The first-order chi connectivity index (χ1) is 13.9. The fourth-order valence-electron chi connectivity index (χ4n) is 3.13. The van der Waals surface area contributed by atoms with Crippen molar-refractivity contribution in [2.75, 3.05) is 31.5 Å². The van der Waals surface area contributed by atoms with Crippen LogP contribution in [0, 0.1) is 12.7 Å². The number of benzene rings is 2. The van der Waals surface area contributed by atoms with Crippen LogP contribution in [0.1, 0.15) is 26.3 Å². The Bertz CT molecular complexity index is 966. The molecule has 1 N–H and O–H groups in total. The van der Waals surface area contributed by atoms with E-state index in [-0.39, 0.29) is 17.7 Å². The van der Waals surface area contributed by atoms with Crippen LogP contribution in [0.5, 0.6) is 0 Å². The molecule has 0 spiro atoms. The van der Waals surface area contributed by atoms with Gasteiger partial charge in [0.05, 0.1) is 0 Å². The minimum atomic E-state index is -0.409. The highest BCUT2D eigenvalue weighted by molar-refractivity contribution is 6.01. The number of halogens is 1. The third-order valence-electron chi connectivity index (χ3n) is 4.84. The second-order valence-corrected chi connectivity index (χ2v) is 6.82. The van der Waals surface area contributed by atoms with E-state index in [1.54, 1.807) is 53.1 Å². The molecular weight excluding hydrogens is 373 g/mol. The predicted octanol–water partition coefficient (Wildman–Crippen LogP) is 2.86. The number of nitrogens with one attached hydrogen (secondary N) is 1. The number of carbonyl (C=O) groups excluding carboxylic acids is 3. The molecule has 2 aromatic rings. The number of aryl methyl sites for hydroxylation is 1. The maximum Gasteiger partial charge on any atom is 0.254 e. The van der Waals surface area contributed by atoms with Crippen molar-refractivity contribution >= 4 is 23.4 Å². The summed E-state index contributed by atoms with van der Waals surface area (Å²) in [5, 5.41) is 2.63. The molecule has 0 radical (unpaired) electrons. The van der Waals surface area contributed by atoms with Gasteiger partial charge in [-0.3, -0.25) is 14.4 Å². The SMILES string of the molecule is C=CC(=O)Nc1cccc(C(=O)N2CCN(C(=O)c3ccc(C)c(F)c3)CC2)c1. The van der Waals surface area contributed by atoms with Crippen molar-refractivity contribution < 1.29 is 18.8 Å². The molecule has 0 bridgehead atoms. The van der Waals surface area contributed by atoms with Gasteiger partial charge in [-0.1, -0.05) is 18.7 Å². The summed E-state index contributed by atoms with van der Waals surface area (Å²) in [7, 11) is 0. The molecule has 29 heavy (non-hydrogen) atoms. The van der Waals surface area contributed by atoms with Gasteiger partial charge in [0.1, 0.15) is 5.82 Å². The lowest BCUT2D eigenvalue weighted by Crippen LogP contribution is -2.50. The Morgan fingerprint density at radius 3 is 2.10 bits per heavy atom. The smallest absolute Gasteiger partial charge is 0.254 e. The number of hydrogen-bond acceptors (Lipinski definition) is 3. The van der Waals surface area contributed by atoms with Gasteiger partial charge >= 0.3 is 0 Å². The number of hydrogen-bond donors (Lipinski definition) is 1. The van der Waals surface area contributed by atoms with E-state index < -0.39 is 5.82 Å². The highest BCUT2D eigenvalue weighted by Crippen LogP contribution is 2.16. The molecule has 1 heterocycles. The van der Waals surface area contributed by atoms with Crippen molar-refractivity contribution in [1.29, 1.82) is 0 Å². The highest BCUT2D eigenvalue weighted by atomic mass is 19.1. The van der Waals surface area contributed by atoms with Crippen LogP contribution in [-0.4, -0.2) is 53.7 Å². The molecular formula is C22H22FN3O3. The second-order valence-electron chi connectivity index (χ2n) is 6.82. The van der Waals surface area contributed by atoms with Gasteiger partial charge in [-0.2, -0.15) is 0 Å². The van der Waals surface area contributed by atoms with Crippen LogP contribution in [0.2, 0.25) is 0 Å². The molecule has 2 aromatic carbocycles. The molecule has 0 unspecified atom stereocenters.